The number of anilines is 2. The summed E-state index contributed by atoms with van der Waals surface area (Å²) in [6.07, 6.45) is 6.92. The van der Waals surface area contributed by atoms with Gasteiger partial charge in [0, 0.05) is 31.9 Å². The Bertz CT molecular complexity index is 1010. The molecule has 8 nitrogen and oxygen atoms in total. The number of pyridine rings is 2. The monoisotopic (exact) mass is 366 g/mol. The zero-order valence-electron chi connectivity index (χ0n) is 15.2. The van der Waals surface area contributed by atoms with E-state index in [9.17, 15) is 10.0 Å². The Balaban J connectivity index is 1.55. The summed E-state index contributed by atoms with van der Waals surface area (Å²) >= 11 is 0. The highest BCUT2D eigenvalue weighted by Gasteiger charge is 2.13. The van der Waals surface area contributed by atoms with Crippen molar-refractivity contribution >= 4 is 22.5 Å². The number of nitrogens with one attached hydrogen (secondary N) is 1. The molecule has 27 heavy (non-hydrogen) atoms. The fourth-order valence-electron chi connectivity index (χ4n) is 3.47. The summed E-state index contributed by atoms with van der Waals surface area (Å²) in [6.45, 7) is 4.45. The van der Waals surface area contributed by atoms with Crippen LogP contribution in [-0.4, -0.2) is 38.0 Å². The molecule has 0 radical (unpaired) electrons. The van der Waals surface area contributed by atoms with Crippen LogP contribution in [0.5, 0.6) is 0 Å². The van der Waals surface area contributed by atoms with Crippen molar-refractivity contribution in [2.75, 3.05) is 23.3 Å². The Morgan fingerprint density at radius 1 is 1.15 bits per heavy atom. The molecular weight excluding hydrogens is 344 g/mol. The van der Waals surface area contributed by atoms with Crippen LogP contribution >= 0.6 is 0 Å². The van der Waals surface area contributed by atoms with E-state index in [1.807, 2.05) is 25.3 Å². The van der Waals surface area contributed by atoms with Gasteiger partial charge in [-0.3, -0.25) is 4.79 Å². The maximum Gasteiger partial charge on any atom is 0.286 e. The van der Waals surface area contributed by atoms with E-state index >= 15 is 0 Å². The van der Waals surface area contributed by atoms with Crippen molar-refractivity contribution < 1.29 is 5.21 Å². The van der Waals surface area contributed by atoms with E-state index in [0.29, 0.717) is 28.0 Å². The third kappa shape index (κ3) is 3.42. The Morgan fingerprint density at radius 3 is 2.70 bits per heavy atom. The van der Waals surface area contributed by atoms with Crippen LogP contribution in [0.1, 0.15) is 30.5 Å². The molecule has 3 aromatic heterocycles. The Morgan fingerprint density at radius 2 is 1.96 bits per heavy atom. The molecule has 4 rings (SSSR count). The zero-order valence-corrected chi connectivity index (χ0v) is 15.2. The van der Waals surface area contributed by atoms with Crippen LogP contribution in [0.2, 0.25) is 0 Å². The van der Waals surface area contributed by atoms with Crippen molar-refractivity contribution in [2.24, 2.45) is 0 Å². The minimum Gasteiger partial charge on any atom is -0.423 e. The van der Waals surface area contributed by atoms with Gasteiger partial charge in [0.05, 0.1) is 16.8 Å². The van der Waals surface area contributed by atoms with E-state index in [0.717, 1.165) is 24.5 Å². The van der Waals surface area contributed by atoms with Gasteiger partial charge in [0.25, 0.3) is 5.56 Å². The van der Waals surface area contributed by atoms with E-state index in [2.05, 4.69) is 25.2 Å². The van der Waals surface area contributed by atoms with Gasteiger partial charge >= 0.3 is 0 Å². The van der Waals surface area contributed by atoms with Crippen molar-refractivity contribution in [2.45, 2.75) is 32.7 Å². The second-order valence-electron chi connectivity index (χ2n) is 6.79. The first-order chi connectivity index (χ1) is 13.1. The summed E-state index contributed by atoms with van der Waals surface area (Å²) in [6, 6.07) is 5.44. The standard InChI is InChI=1S/C19H22N6O2/c1-13-18-15(9-17(26)25(27)19(18)23-12-22-13)20-10-14-5-6-16(21-11-14)24-7-3-2-4-8-24/h5-6,9,11-12,20,27H,2-4,7-8,10H2,1H3. The molecule has 4 heterocycles. The molecule has 0 saturated carbocycles. The first-order valence-electron chi connectivity index (χ1n) is 9.14. The summed E-state index contributed by atoms with van der Waals surface area (Å²) in [5.74, 6) is 1.01. The number of nitrogens with zero attached hydrogens (tertiary/aromatic N) is 5. The third-order valence-electron chi connectivity index (χ3n) is 4.94. The highest BCUT2D eigenvalue weighted by molar-refractivity contribution is 5.90. The van der Waals surface area contributed by atoms with Crippen molar-refractivity contribution in [1.29, 1.82) is 0 Å². The summed E-state index contributed by atoms with van der Waals surface area (Å²) < 4.78 is 0.546. The second-order valence-corrected chi connectivity index (χ2v) is 6.79. The predicted octanol–water partition coefficient (Wildman–Crippen LogP) is 2.33. The van der Waals surface area contributed by atoms with E-state index in [1.165, 1.54) is 31.7 Å². The summed E-state index contributed by atoms with van der Waals surface area (Å²) in [4.78, 5) is 27.1. The molecule has 1 aliphatic heterocycles. The highest BCUT2D eigenvalue weighted by Crippen LogP contribution is 2.23. The molecule has 3 aromatic rings. The number of hydrogen-bond acceptors (Lipinski definition) is 7. The van der Waals surface area contributed by atoms with E-state index < -0.39 is 5.56 Å². The fourth-order valence-corrected chi connectivity index (χ4v) is 3.47. The van der Waals surface area contributed by atoms with Crippen LogP contribution in [0.4, 0.5) is 11.5 Å². The minimum absolute atomic E-state index is 0.191. The molecule has 1 aliphatic rings. The van der Waals surface area contributed by atoms with Crippen molar-refractivity contribution in [3.8, 4) is 0 Å². The number of aryl methyl sites for hydroxylation is 1. The van der Waals surface area contributed by atoms with Crippen molar-refractivity contribution in [1.82, 2.24) is 19.7 Å². The molecule has 0 aromatic carbocycles. The lowest BCUT2D eigenvalue weighted by molar-refractivity contribution is 0.186. The molecule has 1 fully saturated rings. The zero-order chi connectivity index (χ0) is 18.8. The van der Waals surface area contributed by atoms with Crippen molar-refractivity contribution in [3.05, 3.63) is 52.3 Å². The quantitative estimate of drug-likeness (QED) is 0.684. The van der Waals surface area contributed by atoms with Crippen LogP contribution in [0.15, 0.2) is 35.5 Å². The molecule has 0 amide bonds. The Hall–Kier alpha value is -3.16. The Labute approximate surface area is 156 Å². The van der Waals surface area contributed by atoms with Gasteiger partial charge in [-0.05, 0) is 37.8 Å². The smallest absolute Gasteiger partial charge is 0.286 e. The lowest BCUT2D eigenvalue weighted by Gasteiger charge is -2.27. The second kappa shape index (κ2) is 7.22. The molecule has 0 bridgehead atoms. The molecular formula is C19H22N6O2. The van der Waals surface area contributed by atoms with Crippen LogP contribution < -0.4 is 15.8 Å². The van der Waals surface area contributed by atoms with E-state index in [-0.39, 0.29) is 5.65 Å². The van der Waals surface area contributed by atoms with Gasteiger partial charge < -0.3 is 15.4 Å². The van der Waals surface area contributed by atoms with E-state index in [1.54, 1.807) is 0 Å². The van der Waals surface area contributed by atoms with Crippen molar-refractivity contribution in [3.63, 3.8) is 0 Å². The van der Waals surface area contributed by atoms with E-state index in [4.69, 9.17) is 0 Å². The van der Waals surface area contributed by atoms with Gasteiger partial charge in [0.15, 0.2) is 5.65 Å². The Kier molecular flexibility index (Phi) is 4.62. The molecule has 0 aliphatic carbocycles. The van der Waals surface area contributed by atoms with Gasteiger partial charge in [0.1, 0.15) is 12.1 Å². The third-order valence-corrected chi connectivity index (χ3v) is 4.94. The minimum atomic E-state index is -0.540. The van der Waals surface area contributed by atoms with Gasteiger partial charge in [-0.25, -0.2) is 15.0 Å². The number of aromatic nitrogens is 4. The molecule has 8 heteroatoms. The summed E-state index contributed by atoms with van der Waals surface area (Å²) in [5.41, 5.74) is 1.94. The molecule has 0 atom stereocenters. The fraction of sp³-hybridized carbons (Fsp3) is 0.368. The maximum atomic E-state index is 12.0. The summed E-state index contributed by atoms with van der Waals surface area (Å²) in [7, 11) is 0. The number of fused-ring (bicyclic) bond motifs is 1. The molecule has 0 spiro atoms. The average molecular weight is 366 g/mol. The van der Waals surface area contributed by atoms with Crippen LogP contribution in [0, 0.1) is 6.92 Å². The maximum absolute atomic E-state index is 12.0. The summed E-state index contributed by atoms with van der Waals surface area (Å²) in [5, 5.41) is 13.8. The number of rotatable bonds is 4. The molecule has 140 valence electrons. The lowest BCUT2D eigenvalue weighted by Crippen LogP contribution is -2.30. The average Bonchev–Trinajstić information content (AvgIpc) is 2.71. The SMILES string of the molecule is Cc1ncnc2c1c(NCc1ccc(N3CCCCC3)nc1)cc(=O)n2O. The van der Waals surface area contributed by atoms with Crippen LogP contribution in [-0.2, 0) is 6.54 Å². The first-order valence-corrected chi connectivity index (χ1v) is 9.14. The van der Waals surface area contributed by atoms with Gasteiger partial charge in [-0.15, -0.1) is 4.73 Å². The normalized spacial score (nSPS) is 14.5. The predicted molar refractivity (Wildman–Crippen MR) is 103 cm³/mol. The number of hydrogen-bond donors (Lipinski definition) is 2. The van der Waals surface area contributed by atoms with Gasteiger partial charge in [-0.2, -0.15) is 0 Å². The largest absolute Gasteiger partial charge is 0.423 e. The topological polar surface area (TPSA) is 96.2 Å². The van der Waals surface area contributed by atoms with Crippen LogP contribution in [0.25, 0.3) is 11.0 Å². The molecule has 2 N–H and O–H groups in total. The van der Waals surface area contributed by atoms with Gasteiger partial charge in [0.2, 0.25) is 0 Å². The van der Waals surface area contributed by atoms with Crippen LogP contribution in [0.3, 0.4) is 0 Å². The molecule has 0 unspecified atom stereocenters. The number of piperidine rings is 1. The highest BCUT2D eigenvalue weighted by atomic mass is 16.5. The van der Waals surface area contributed by atoms with Gasteiger partial charge in [-0.1, -0.05) is 6.07 Å². The first kappa shape index (κ1) is 17.3. The lowest BCUT2D eigenvalue weighted by atomic mass is 10.1. The molecule has 1 saturated heterocycles.